The van der Waals surface area contributed by atoms with E-state index in [0.29, 0.717) is 0 Å². The Labute approximate surface area is 91.2 Å². The highest BCUT2D eigenvalue weighted by molar-refractivity contribution is 5.52. The third-order valence-electron chi connectivity index (χ3n) is 1.57. The van der Waals surface area contributed by atoms with Crippen molar-refractivity contribution in [1.29, 1.82) is 0 Å². The van der Waals surface area contributed by atoms with Gasteiger partial charge < -0.3 is 4.98 Å². The molecule has 8 nitrogen and oxygen atoms in total. The fourth-order valence-electron chi connectivity index (χ4n) is 0.900. The van der Waals surface area contributed by atoms with E-state index in [0.717, 1.165) is 6.33 Å². The summed E-state index contributed by atoms with van der Waals surface area (Å²) in [5, 5.41) is 10.6. The molecule has 1 aromatic heterocycles. The Balaban J connectivity index is 3.01. The first kappa shape index (κ1) is 12.1. The molecule has 1 rings (SSSR count). The molecule has 0 saturated heterocycles. The number of H-pyrrole nitrogens is 1. The molecule has 0 unspecified atom stereocenters. The van der Waals surface area contributed by atoms with Gasteiger partial charge in [0.1, 0.15) is 0 Å². The van der Waals surface area contributed by atoms with Crippen molar-refractivity contribution in [2.45, 2.75) is 26.3 Å². The summed E-state index contributed by atoms with van der Waals surface area (Å²) in [5.74, 6) is -0.108. The monoisotopic (exact) mass is 227 g/mol. The molecule has 16 heavy (non-hydrogen) atoms. The summed E-state index contributed by atoms with van der Waals surface area (Å²) in [4.78, 5) is 26.9. The van der Waals surface area contributed by atoms with E-state index < -0.39 is 16.2 Å². The van der Waals surface area contributed by atoms with Gasteiger partial charge in [-0.2, -0.15) is 0 Å². The van der Waals surface area contributed by atoms with Crippen LogP contribution >= 0.6 is 0 Å². The van der Waals surface area contributed by atoms with Gasteiger partial charge in [-0.05, 0) is 20.8 Å². The summed E-state index contributed by atoms with van der Waals surface area (Å²) < 4.78 is 0. The van der Waals surface area contributed by atoms with Crippen molar-refractivity contribution in [3.05, 3.63) is 26.8 Å². The van der Waals surface area contributed by atoms with Gasteiger partial charge in [0.2, 0.25) is 5.82 Å². The number of rotatable bonds is 3. The van der Waals surface area contributed by atoms with Crippen molar-refractivity contribution in [3.8, 4) is 0 Å². The van der Waals surface area contributed by atoms with E-state index in [1.165, 1.54) is 0 Å². The van der Waals surface area contributed by atoms with E-state index in [9.17, 15) is 14.9 Å². The zero-order chi connectivity index (χ0) is 12.3. The van der Waals surface area contributed by atoms with Crippen LogP contribution in [-0.2, 0) is 0 Å². The van der Waals surface area contributed by atoms with Gasteiger partial charge in [-0.15, -0.1) is 0 Å². The third kappa shape index (κ3) is 3.02. The smallest absolute Gasteiger partial charge is 0.307 e. The van der Waals surface area contributed by atoms with Crippen molar-refractivity contribution in [1.82, 2.24) is 15.4 Å². The molecule has 0 aliphatic rings. The maximum atomic E-state index is 11.2. The Morgan fingerprint density at radius 1 is 1.50 bits per heavy atom. The lowest BCUT2D eigenvalue weighted by Crippen LogP contribution is -2.40. The second-order valence-electron chi connectivity index (χ2n) is 4.19. The largest absolute Gasteiger partial charge is 0.377 e. The maximum Gasteiger partial charge on any atom is 0.377 e. The molecule has 1 aromatic rings. The highest BCUT2D eigenvalue weighted by atomic mass is 16.6. The molecule has 0 atom stereocenters. The predicted octanol–water partition coefficient (Wildman–Crippen LogP) is 0.393. The van der Waals surface area contributed by atoms with E-state index in [1.54, 1.807) is 0 Å². The number of hydrogen-bond donors (Lipinski definition) is 3. The van der Waals surface area contributed by atoms with Gasteiger partial charge in [0.05, 0.1) is 11.3 Å². The van der Waals surface area contributed by atoms with E-state index in [4.69, 9.17) is 0 Å². The molecule has 1 heterocycles. The van der Waals surface area contributed by atoms with Gasteiger partial charge in [-0.25, -0.2) is 10.4 Å². The second kappa shape index (κ2) is 4.27. The summed E-state index contributed by atoms with van der Waals surface area (Å²) in [5.41, 5.74) is 3.63. The molecule has 0 aliphatic heterocycles. The van der Waals surface area contributed by atoms with Crippen LogP contribution in [0.5, 0.6) is 0 Å². The summed E-state index contributed by atoms with van der Waals surface area (Å²) in [6.45, 7) is 5.58. The van der Waals surface area contributed by atoms with Crippen LogP contribution in [0.1, 0.15) is 20.8 Å². The van der Waals surface area contributed by atoms with Crippen LogP contribution in [0.2, 0.25) is 0 Å². The van der Waals surface area contributed by atoms with Gasteiger partial charge in [0.15, 0.2) is 0 Å². The van der Waals surface area contributed by atoms with Crippen molar-refractivity contribution < 1.29 is 4.92 Å². The van der Waals surface area contributed by atoms with Crippen LogP contribution in [0.3, 0.4) is 0 Å². The Bertz CT molecular complexity index is 448. The molecule has 3 N–H and O–H groups in total. The lowest BCUT2D eigenvalue weighted by Gasteiger charge is -2.20. The molecular formula is C8H13N5O3. The average molecular weight is 227 g/mol. The zero-order valence-electron chi connectivity index (χ0n) is 9.20. The maximum absolute atomic E-state index is 11.2. The Morgan fingerprint density at radius 3 is 2.62 bits per heavy atom. The van der Waals surface area contributed by atoms with Gasteiger partial charge in [0.25, 0.3) is 0 Å². The second-order valence-corrected chi connectivity index (χ2v) is 4.19. The van der Waals surface area contributed by atoms with E-state index in [-0.39, 0.29) is 11.4 Å². The molecule has 0 aromatic carbocycles. The first-order valence-corrected chi connectivity index (χ1v) is 4.56. The molecule has 88 valence electrons. The van der Waals surface area contributed by atoms with Crippen molar-refractivity contribution in [2.75, 3.05) is 5.43 Å². The molecule has 0 bridgehead atoms. The van der Waals surface area contributed by atoms with Crippen LogP contribution in [0.15, 0.2) is 11.1 Å². The normalized spacial score (nSPS) is 11.2. The third-order valence-corrected chi connectivity index (χ3v) is 1.57. The van der Waals surface area contributed by atoms with Gasteiger partial charge in [0, 0.05) is 5.54 Å². The Morgan fingerprint density at radius 2 is 2.12 bits per heavy atom. The molecular weight excluding hydrogens is 214 g/mol. The number of nitrogens with one attached hydrogen (secondary N) is 3. The van der Waals surface area contributed by atoms with E-state index in [2.05, 4.69) is 20.8 Å². The fourth-order valence-corrected chi connectivity index (χ4v) is 0.900. The van der Waals surface area contributed by atoms with Crippen molar-refractivity contribution in [2.24, 2.45) is 0 Å². The summed E-state index contributed by atoms with van der Waals surface area (Å²) in [6.07, 6.45) is 1.10. The fraction of sp³-hybridized carbons (Fsp3) is 0.500. The standard InChI is InChI=1S/C8H13N5O3/c1-8(2,3)12-11-6-5(13(15)16)7(14)10-4-9-6/h4,12H,1-3H3,(H2,9,10,11,14). The summed E-state index contributed by atoms with van der Waals surface area (Å²) >= 11 is 0. The minimum atomic E-state index is -0.793. The zero-order valence-corrected chi connectivity index (χ0v) is 9.20. The number of anilines is 1. The lowest BCUT2D eigenvalue weighted by atomic mass is 10.1. The van der Waals surface area contributed by atoms with Crippen LogP contribution < -0.4 is 16.4 Å². The molecule has 0 radical (unpaired) electrons. The van der Waals surface area contributed by atoms with Crippen molar-refractivity contribution >= 4 is 11.5 Å². The molecule has 0 saturated carbocycles. The van der Waals surface area contributed by atoms with E-state index >= 15 is 0 Å². The first-order valence-electron chi connectivity index (χ1n) is 4.56. The summed E-state index contributed by atoms with van der Waals surface area (Å²) in [6, 6.07) is 0. The number of nitrogens with zero attached hydrogens (tertiary/aromatic N) is 2. The number of hydrogen-bond acceptors (Lipinski definition) is 6. The number of aromatic amines is 1. The molecule has 8 heteroatoms. The molecule has 0 aliphatic carbocycles. The Kier molecular flexibility index (Phi) is 3.23. The molecule has 0 fully saturated rings. The topological polar surface area (TPSA) is 113 Å². The highest BCUT2D eigenvalue weighted by Crippen LogP contribution is 2.14. The quantitative estimate of drug-likeness (QED) is 0.508. The van der Waals surface area contributed by atoms with Crippen LogP contribution in [0, 0.1) is 10.1 Å². The first-order chi connectivity index (χ1) is 7.31. The number of hydrazine groups is 1. The number of nitro groups is 1. The van der Waals surface area contributed by atoms with Gasteiger partial charge >= 0.3 is 11.2 Å². The Hall–Kier alpha value is -1.96. The highest BCUT2D eigenvalue weighted by Gasteiger charge is 2.21. The molecule has 0 amide bonds. The number of aromatic nitrogens is 2. The van der Waals surface area contributed by atoms with Crippen molar-refractivity contribution in [3.63, 3.8) is 0 Å². The van der Waals surface area contributed by atoms with Crippen LogP contribution in [0.25, 0.3) is 0 Å². The SMILES string of the molecule is CC(C)(C)NNc1nc[nH]c(=O)c1[N+](=O)[O-]. The van der Waals surface area contributed by atoms with Crippen LogP contribution in [-0.4, -0.2) is 20.4 Å². The van der Waals surface area contributed by atoms with Gasteiger partial charge in [-0.1, -0.05) is 0 Å². The molecule has 0 spiro atoms. The average Bonchev–Trinajstić information content (AvgIpc) is 2.12. The predicted molar refractivity (Wildman–Crippen MR) is 58.0 cm³/mol. The van der Waals surface area contributed by atoms with Gasteiger partial charge in [-0.3, -0.25) is 20.3 Å². The minimum Gasteiger partial charge on any atom is -0.307 e. The lowest BCUT2D eigenvalue weighted by molar-refractivity contribution is -0.385. The minimum absolute atomic E-state index is 0.108. The van der Waals surface area contributed by atoms with Crippen LogP contribution in [0.4, 0.5) is 11.5 Å². The summed E-state index contributed by atoms with van der Waals surface area (Å²) in [7, 11) is 0. The van der Waals surface area contributed by atoms with E-state index in [1.807, 2.05) is 20.8 Å².